The zero-order chi connectivity index (χ0) is 37.9. The van der Waals surface area contributed by atoms with Crippen molar-refractivity contribution >= 4 is 23.9 Å². The van der Waals surface area contributed by atoms with Crippen LogP contribution >= 0.6 is 0 Å². The third-order valence-electron chi connectivity index (χ3n) is 9.99. The molecule has 6 rings (SSSR count). The molecule has 1 saturated carbocycles. The molecule has 53 heavy (non-hydrogen) atoms. The maximum atomic E-state index is 14.5. The van der Waals surface area contributed by atoms with Gasteiger partial charge in [0.05, 0.1) is 20.3 Å². The molecule has 14 nitrogen and oxygen atoms in total. The van der Waals surface area contributed by atoms with Gasteiger partial charge in [-0.05, 0) is 82.9 Å². The molecule has 3 N–H and O–H groups in total. The number of amides is 3. The maximum absolute atomic E-state index is 14.5. The van der Waals surface area contributed by atoms with Crippen LogP contribution in [0.5, 0.6) is 11.5 Å². The van der Waals surface area contributed by atoms with Crippen LogP contribution in [0, 0.1) is 5.92 Å². The predicted octanol–water partition coefficient (Wildman–Crippen LogP) is 5.14. The van der Waals surface area contributed by atoms with Gasteiger partial charge in [0, 0.05) is 30.0 Å². The summed E-state index contributed by atoms with van der Waals surface area (Å²) >= 11 is 0. The Morgan fingerprint density at radius 3 is 2.36 bits per heavy atom. The highest BCUT2D eigenvalue weighted by molar-refractivity contribution is 5.96. The van der Waals surface area contributed by atoms with Crippen LogP contribution in [0.15, 0.2) is 60.7 Å². The SMILES string of the molecule is COc1ccc(-c2nn([C@@H]3C[C@H]4C(=O)N[C@@]5(C(=O)O)C[C@@H]5/C=C\CCCCC[C@@H](NC(=O)OC(C)(C)C)C(=O)N4C3)nc2-c2cccc(OC)c2)cc1. The molecular formula is C39H48N6O8. The number of nitrogens with zero attached hydrogens (tertiary/aromatic N) is 4. The molecule has 0 spiro atoms. The molecule has 2 aliphatic heterocycles. The van der Waals surface area contributed by atoms with Gasteiger partial charge in [-0.15, -0.1) is 0 Å². The molecule has 0 bridgehead atoms. The predicted molar refractivity (Wildman–Crippen MR) is 195 cm³/mol. The average Bonchev–Trinajstić information content (AvgIpc) is 3.43. The lowest BCUT2D eigenvalue weighted by atomic mass is 10.0. The van der Waals surface area contributed by atoms with Gasteiger partial charge in [0.2, 0.25) is 11.8 Å². The number of hydrogen-bond donors (Lipinski definition) is 3. The highest BCUT2D eigenvalue weighted by Crippen LogP contribution is 2.46. The smallest absolute Gasteiger partial charge is 0.408 e. The number of ether oxygens (including phenoxy) is 3. The average molecular weight is 729 g/mol. The minimum atomic E-state index is -1.46. The number of carbonyl (C=O) groups is 4. The summed E-state index contributed by atoms with van der Waals surface area (Å²) < 4.78 is 16.4. The maximum Gasteiger partial charge on any atom is 0.408 e. The van der Waals surface area contributed by atoms with Crippen molar-refractivity contribution in [3.8, 4) is 34.0 Å². The van der Waals surface area contributed by atoms with Crippen LogP contribution in [0.2, 0.25) is 0 Å². The fourth-order valence-electron chi connectivity index (χ4n) is 7.09. The molecule has 0 unspecified atom stereocenters. The monoisotopic (exact) mass is 728 g/mol. The summed E-state index contributed by atoms with van der Waals surface area (Å²) in [6, 6.07) is 12.3. The molecule has 1 aromatic heterocycles. The highest BCUT2D eigenvalue weighted by Gasteiger charge is 2.61. The first-order valence-electron chi connectivity index (χ1n) is 18.1. The fourth-order valence-corrected chi connectivity index (χ4v) is 7.09. The lowest BCUT2D eigenvalue weighted by Gasteiger charge is -2.30. The summed E-state index contributed by atoms with van der Waals surface area (Å²) in [6.07, 6.45) is 6.80. The molecule has 1 saturated heterocycles. The van der Waals surface area contributed by atoms with Crippen molar-refractivity contribution in [2.75, 3.05) is 20.8 Å². The molecule has 14 heteroatoms. The van der Waals surface area contributed by atoms with E-state index in [1.807, 2.05) is 60.7 Å². The number of carboxylic acid groups (broad SMARTS) is 1. The van der Waals surface area contributed by atoms with Gasteiger partial charge in [0.15, 0.2) is 0 Å². The Bertz CT molecular complexity index is 1870. The first kappa shape index (κ1) is 37.4. The molecule has 0 radical (unpaired) electrons. The number of aromatic nitrogens is 3. The molecule has 3 aromatic rings. The minimum absolute atomic E-state index is 0.0428. The largest absolute Gasteiger partial charge is 0.497 e. The van der Waals surface area contributed by atoms with Gasteiger partial charge < -0.3 is 34.9 Å². The standard InChI is InChI=1S/C39H48N6O8/c1-38(2,3)53-37(50)40-30-15-10-8-6-7-9-13-26-22-39(26,36(48)49)41-34(46)31-21-27(23-44(31)35(30)47)45-42-32(24-16-18-28(51-4)19-17-24)33(43-45)25-12-11-14-29(20-25)52-5/h9,11-14,16-20,26-27,30-31H,6-8,10,15,21-23H2,1-5H3,(H,40,50)(H,41,46)(H,48,49)/b13-9-/t26-,27+,30+,31-,39-/m0/s1. The third kappa shape index (κ3) is 8.31. The van der Waals surface area contributed by atoms with Crippen molar-refractivity contribution in [2.45, 2.75) is 95.0 Å². The second kappa shape index (κ2) is 15.3. The topological polar surface area (TPSA) is 174 Å². The van der Waals surface area contributed by atoms with E-state index < -0.39 is 53.1 Å². The summed E-state index contributed by atoms with van der Waals surface area (Å²) in [5.41, 5.74) is 0.412. The van der Waals surface area contributed by atoms with Gasteiger partial charge in [-0.3, -0.25) is 9.59 Å². The van der Waals surface area contributed by atoms with Crippen molar-refractivity contribution in [1.82, 2.24) is 30.5 Å². The van der Waals surface area contributed by atoms with E-state index in [4.69, 9.17) is 24.4 Å². The van der Waals surface area contributed by atoms with E-state index >= 15 is 0 Å². The quantitative estimate of drug-likeness (QED) is 0.276. The van der Waals surface area contributed by atoms with Crippen LogP contribution in [0.3, 0.4) is 0 Å². The normalized spacial score (nSPS) is 25.5. The zero-order valence-corrected chi connectivity index (χ0v) is 30.8. The summed E-state index contributed by atoms with van der Waals surface area (Å²) in [4.78, 5) is 57.2. The Balaban J connectivity index is 1.38. The lowest BCUT2D eigenvalue weighted by Crippen LogP contribution is -2.56. The second-order valence-corrected chi connectivity index (χ2v) is 14.9. The van der Waals surface area contributed by atoms with Crippen LogP contribution in [-0.2, 0) is 19.1 Å². The van der Waals surface area contributed by atoms with Gasteiger partial charge >= 0.3 is 12.1 Å². The second-order valence-electron chi connectivity index (χ2n) is 14.9. The Morgan fingerprint density at radius 2 is 1.68 bits per heavy atom. The van der Waals surface area contributed by atoms with E-state index in [1.54, 1.807) is 35.0 Å². The fraction of sp³-hybridized carbons (Fsp3) is 0.487. The van der Waals surface area contributed by atoms with E-state index in [-0.39, 0.29) is 25.3 Å². The van der Waals surface area contributed by atoms with E-state index in [0.29, 0.717) is 35.7 Å². The van der Waals surface area contributed by atoms with Gasteiger partial charge in [-0.25, -0.2) is 9.59 Å². The zero-order valence-electron chi connectivity index (χ0n) is 30.8. The minimum Gasteiger partial charge on any atom is -0.497 e. The Morgan fingerprint density at radius 1 is 0.962 bits per heavy atom. The number of fused-ring (bicyclic) bond motifs is 2. The van der Waals surface area contributed by atoms with Crippen LogP contribution in [-0.4, -0.2) is 92.9 Å². The van der Waals surface area contributed by atoms with Crippen LogP contribution in [0.1, 0.15) is 71.8 Å². The number of rotatable bonds is 7. The number of hydrogen-bond acceptors (Lipinski definition) is 9. The van der Waals surface area contributed by atoms with Gasteiger partial charge in [0.25, 0.3) is 0 Å². The molecule has 2 aromatic carbocycles. The number of allylic oxidation sites excluding steroid dienone is 1. The number of nitrogens with one attached hydrogen (secondary N) is 2. The molecule has 1 aliphatic carbocycles. The van der Waals surface area contributed by atoms with Crippen molar-refractivity contribution in [2.24, 2.45) is 5.92 Å². The summed E-state index contributed by atoms with van der Waals surface area (Å²) in [7, 11) is 3.18. The third-order valence-corrected chi connectivity index (χ3v) is 9.99. The molecule has 3 aliphatic rings. The van der Waals surface area contributed by atoms with Crippen molar-refractivity contribution in [3.63, 3.8) is 0 Å². The van der Waals surface area contributed by atoms with E-state index in [9.17, 15) is 24.3 Å². The lowest BCUT2D eigenvalue weighted by molar-refractivity contribution is -0.145. The number of aliphatic carboxylic acids is 1. The van der Waals surface area contributed by atoms with Crippen molar-refractivity contribution in [3.05, 3.63) is 60.7 Å². The van der Waals surface area contributed by atoms with Gasteiger partial charge in [-0.2, -0.15) is 15.0 Å². The number of benzene rings is 2. The van der Waals surface area contributed by atoms with E-state index in [0.717, 1.165) is 30.4 Å². The number of carbonyl (C=O) groups excluding carboxylic acids is 3. The van der Waals surface area contributed by atoms with E-state index in [1.165, 1.54) is 9.70 Å². The molecular weight excluding hydrogens is 680 g/mol. The Hall–Kier alpha value is -5.40. The van der Waals surface area contributed by atoms with Gasteiger partial charge in [-0.1, -0.05) is 37.1 Å². The summed E-state index contributed by atoms with van der Waals surface area (Å²) in [5.74, 6) is -1.21. The van der Waals surface area contributed by atoms with E-state index in [2.05, 4.69) is 10.6 Å². The van der Waals surface area contributed by atoms with Gasteiger partial charge in [0.1, 0.15) is 46.1 Å². The molecule has 2 fully saturated rings. The first-order chi connectivity index (χ1) is 25.3. The van der Waals surface area contributed by atoms with Crippen LogP contribution in [0.4, 0.5) is 4.79 Å². The highest BCUT2D eigenvalue weighted by atomic mass is 16.6. The molecule has 282 valence electrons. The number of alkyl carbamates (subject to hydrolysis) is 1. The van der Waals surface area contributed by atoms with Crippen LogP contribution in [0.25, 0.3) is 22.5 Å². The summed E-state index contributed by atoms with van der Waals surface area (Å²) in [6.45, 7) is 5.26. The molecule has 3 heterocycles. The molecule has 5 atom stereocenters. The summed E-state index contributed by atoms with van der Waals surface area (Å²) in [5, 5.41) is 25.7. The first-order valence-corrected chi connectivity index (χ1v) is 18.1. The number of methoxy groups -OCH3 is 2. The van der Waals surface area contributed by atoms with Crippen molar-refractivity contribution < 1.29 is 38.5 Å². The Kier molecular flexibility index (Phi) is 10.8. The number of carboxylic acids is 1. The molecule has 3 amide bonds. The van der Waals surface area contributed by atoms with Crippen LogP contribution < -0.4 is 20.1 Å². The Labute approximate surface area is 308 Å². The van der Waals surface area contributed by atoms with Crippen molar-refractivity contribution in [1.29, 1.82) is 0 Å².